The largest absolute Gasteiger partial charge is 0.497 e. The first-order valence-electron chi connectivity index (χ1n) is 7.82. The minimum Gasteiger partial charge on any atom is -0.497 e. The fraction of sp³-hybridized carbons (Fsp3) is 0.500. The molecule has 1 N–H and O–H groups in total. The number of methoxy groups -OCH3 is 2. The topological polar surface area (TPSA) is 59.0 Å². The number of nitrogens with zero attached hydrogens (tertiary/aromatic N) is 1. The monoisotopic (exact) mass is 319 g/mol. The molecule has 0 radical (unpaired) electrons. The van der Waals surface area contributed by atoms with Gasteiger partial charge >= 0.3 is 5.97 Å². The predicted molar refractivity (Wildman–Crippen MR) is 88.9 cm³/mol. The van der Waals surface area contributed by atoms with Gasteiger partial charge in [-0.15, -0.1) is 6.58 Å². The Kier molecular flexibility index (Phi) is 5.66. The number of carboxylic acid groups (broad SMARTS) is 1. The van der Waals surface area contributed by atoms with E-state index in [1.54, 1.807) is 20.3 Å². The van der Waals surface area contributed by atoms with E-state index in [4.69, 9.17) is 9.47 Å². The molecule has 5 nitrogen and oxygen atoms in total. The number of benzene rings is 1. The van der Waals surface area contributed by atoms with Crippen molar-refractivity contribution in [3.05, 3.63) is 36.4 Å². The number of carbonyl (C=O) groups is 1. The number of hydrogen-bond acceptors (Lipinski definition) is 4. The lowest BCUT2D eigenvalue weighted by molar-refractivity contribution is -0.152. The summed E-state index contributed by atoms with van der Waals surface area (Å²) in [6.07, 6.45) is 3.79. The van der Waals surface area contributed by atoms with E-state index in [-0.39, 0.29) is 0 Å². The van der Waals surface area contributed by atoms with E-state index in [1.165, 1.54) is 0 Å². The van der Waals surface area contributed by atoms with Crippen molar-refractivity contribution in [2.45, 2.75) is 25.8 Å². The van der Waals surface area contributed by atoms with Crippen molar-refractivity contribution in [1.82, 2.24) is 4.90 Å². The SMILES string of the molecule is C=CC[C@@]1(C(=O)O)CCCN(Cc2ccc(OC)cc2OC)C1. The van der Waals surface area contributed by atoms with Crippen molar-refractivity contribution >= 4 is 5.97 Å². The molecule has 5 heteroatoms. The van der Waals surface area contributed by atoms with Crippen LogP contribution < -0.4 is 9.47 Å². The molecule has 0 amide bonds. The molecule has 1 fully saturated rings. The number of likely N-dealkylation sites (tertiary alicyclic amines) is 1. The second kappa shape index (κ2) is 7.51. The van der Waals surface area contributed by atoms with Crippen molar-refractivity contribution in [2.24, 2.45) is 5.41 Å². The predicted octanol–water partition coefficient (Wildman–Crippen LogP) is 2.95. The third-order valence-electron chi connectivity index (χ3n) is 4.53. The van der Waals surface area contributed by atoms with E-state index in [9.17, 15) is 9.90 Å². The van der Waals surface area contributed by atoms with Crippen LogP contribution in [0.15, 0.2) is 30.9 Å². The molecule has 0 saturated carbocycles. The number of rotatable bonds is 7. The highest BCUT2D eigenvalue weighted by Crippen LogP contribution is 2.36. The van der Waals surface area contributed by atoms with Crippen LogP contribution in [0, 0.1) is 5.41 Å². The van der Waals surface area contributed by atoms with Gasteiger partial charge in [-0.25, -0.2) is 0 Å². The Balaban J connectivity index is 2.16. The summed E-state index contributed by atoms with van der Waals surface area (Å²) >= 11 is 0. The molecule has 0 bridgehead atoms. The maximum Gasteiger partial charge on any atom is 0.311 e. The van der Waals surface area contributed by atoms with Crippen LogP contribution in [-0.2, 0) is 11.3 Å². The number of aliphatic carboxylic acids is 1. The Bertz CT molecular complexity index is 572. The standard InChI is InChI=1S/C18H25NO4/c1-4-8-18(17(20)21)9-5-10-19(13-18)12-14-6-7-15(22-2)11-16(14)23-3/h4,6-7,11H,1,5,8-10,12-13H2,2-3H3,(H,20,21)/t18-/m1/s1. The molecule has 23 heavy (non-hydrogen) atoms. The zero-order valence-electron chi connectivity index (χ0n) is 13.9. The van der Waals surface area contributed by atoms with Crippen LogP contribution in [0.1, 0.15) is 24.8 Å². The zero-order valence-corrected chi connectivity index (χ0v) is 13.9. The minimum atomic E-state index is -0.733. The van der Waals surface area contributed by atoms with Gasteiger partial charge in [0.2, 0.25) is 0 Å². The third kappa shape index (κ3) is 3.85. The lowest BCUT2D eigenvalue weighted by atomic mass is 9.77. The van der Waals surface area contributed by atoms with Crippen LogP contribution in [0.25, 0.3) is 0 Å². The van der Waals surface area contributed by atoms with Crippen molar-refractivity contribution in [2.75, 3.05) is 27.3 Å². The fourth-order valence-electron chi connectivity index (χ4n) is 3.29. The van der Waals surface area contributed by atoms with Crippen molar-refractivity contribution < 1.29 is 19.4 Å². The van der Waals surface area contributed by atoms with E-state index in [2.05, 4.69) is 11.5 Å². The molecule has 1 atom stereocenters. The summed E-state index contributed by atoms with van der Waals surface area (Å²) in [5, 5.41) is 9.66. The lowest BCUT2D eigenvalue weighted by Crippen LogP contribution is -2.47. The van der Waals surface area contributed by atoms with Gasteiger partial charge in [-0.3, -0.25) is 9.69 Å². The average Bonchev–Trinajstić information content (AvgIpc) is 2.55. The van der Waals surface area contributed by atoms with Gasteiger partial charge < -0.3 is 14.6 Å². The molecule has 1 saturated heterocycles. The van der Waals surface area contributed by atoms with Gasteiger partial charge in [0.05, 0.1) is 19.6 Å². The van der Waals surface area contributed by atoms with Crippen molar-refractivity contribution in [3.63, 3.8) is 0 Å². The first-order chi connectivity index (χ1) is 11.0. The second-order valence-electron chi connectivity index (χ2n) is 6.07. The highest BCUT2D eigenvalue weighted by atomic mass is 16.5. The van der Waals surface area contributed by atoms with Gasteiger partial charge in [0, 0.05) is 24.7 Å². The molecular formula is C18H25NO4. The van der Waals surface area contributed by atoms with Crippen LogP contribution in [0.2, 0.25) is 0 Å². The number of ether oxygens (including phenoxy) is 2. The molecule has 1 aromatic carbocycles. The highest BCUT2D eigenvalue weighted by molar-refractivity contribution is 5.75. The number of carboxylic acids is 1. The van der Waals surface area contributed by atoms with E-state index in [0.29, 0.717) is 25.9 Å². The quantitative estimate of drug-likeness (QED) is 0.783. The first kappa shape index (κ1) is 17.3. The summed E-state index contributed by atoms with van der Waals surface area (Å²) in [6.45, 7) is 5.81. The molecule has 1 aliphatic rings. The van der Waals surface area contributed by atoms with E-state index in [1.807, 2.05) is 18.2 Å². The van der Waals surface area contributed by atoms with E-state index < -0.39 is 11.4 Å². The van der Waals surface area contributed by atoms with Crippen LogP contribution in [-0.4, -0.2) is 43.3 Å². The van der Waals surface area contributed by atoms with Gasteiger partial charge in [0.15, 0.2) is 0 Å². The molecule has 126 valence electrons. The Hall–Kier alpha value is -2.01. The van der Waals surface area contributed by atoms with Gasteiger partial charge in [-0.1, -0.05) is 12.1 Å². The summed E-state index contributed by atoms with van der Waals surface area (Å²) in [6, 6.07) is 5.73. The molecular weight excluding hydrogens is 294 g/mol. The maximum absolute atomic E-state index is 11.8. The van der Waals surface area contributed by atoms with E-state index in [0.717, 1.165) is 30.0 Å². The Morgan fingerprint density at radius 1 is 1.43 bits per heavy atom. The van der Waals surface area contributed by atoms with Crippen LogP contribution in [0.3, 0.4) is 0 Å². The summed E-state index contributed by atoms with van der Waals surface area (Å²) in [5.74, 6) is 0.777. The Morgan fingerprint density at radius 3 is 2.83 bits per heavy atom. The third-order valence-corrected chi connectivity index (χ3v) is 4.53. The molecule has 1 aromatic rings. The molecule has 1 aliphatic heterocycles. The lowest BCUT2D eigenvalue weighted by Gasteiger charge is -2.39. The van der Waals surface area contributed by atoms with Gasteiger partial charge in [-0.2, -0.15) is 0 Å². The highest BCUT2D eigenvalue weighted by Gasteiger charge is 2.41. The normalized spacial score (nSPS) is 21.7. The fourth-order valence-corrected chi connectivity index (χ4v) is 3.29. The van der Waals surface area contributed by atoms with Gasteiger partial charge in [0.1, 0.15) is 11.5 Å². The van der Waals surface area contributed by atoms with Crippen LogP contribution in [0.4, 0.5) is 0 Å². The van der Waals surface area contributed by atoms with Crippen molar-refractivity contribution in [3.8, 4) is 11.5 Å². The summed E-state index contributed by atoms with van der Waals surface area (Å²) < 4.78 is 10.7. The molecule has 1 heterocycles. The summed E-state index contributed by atoms with van der Waals surface area (Å²) in [5.41, 5.74) is 0.313. The van der Waals surface area contributed by atoms with Crippen LogP contribution >= 0.6 is 0 Å². The van der Waals surface area contributed by atoms with E-state index >= 15 is 0 Å². The molecule has 0 spiro atoms. The smallest absolute Gasteiger partial charge is 0.311 e. The maximum atomic E-state index is 11.8. The summed E-state index contributed by atoms with van der Waals surface area (Å²) in [4.78, 5) is 13.9. The molecule has 0 unspecified atom stereocenters. The second-order valence-corrected chi connectivity index (χ2v) is 6.07. The first-order valence-corrected chi connectivity index (χ1v) is 7.82. The van der Waals surface area contributed by atoms with Gasteiger partial charge in [-0.05, 0) is 31.9 Å². The zero-order chi connectivity index (χ0) is 16.9. The minimum absolute atomic E-state index is 0.499. The number of allylic oxidation sites excluding steroid dienone is 1. The van der Waals surface area contributed by atoms with Gasteiger partial charge in [0.25, 0.3) is 0 Å². The number of piperidine rings is 1. The Labute approximate surface area is 137 Å². The molecule has 0 aromatic heterocycles. The molecule has 0 aliphatic carbocycles. The Morgan fingerprint density at radius 2 is 2.22 bits per heavy atom. The average molecular weight is 319 g/mol. The summed E-state index contributed by atoms with van der Waals surface area (Å²) in [7, 11) is 3.25. The van der Waals surface area contributed by atoms with Crippen molar-refractivity contribution in [1.29, 1.82) is 0 Å². The molecule has 2 rings (SSSR count). The van der Waals surface area contributed by atoms with Crippen LogP contribution in [0.5, 0.6) is 11.5 Å². The number of hydrogen-bond donors (Lipinski definition) is 1.